The molecule has 0 radical (unpaired) electrons. The molecule has 4 nitrogen and oxygen atoms in total. The van der Waals surface area contributed by atoms with Crippen LogP contribution in [-0.4, -0.2) is 17.1 Å². The predicted molar refractivity (Wildman–Crippen MR) is 65.6 cm³/mol. The average molecular weight is 285 g/mol. The molecule has 4 N–H and O–H groups in total. The van der Waals surface area contributed by atoms with E-state index in [1.54, 1.807) is 12.1 Å². The molecule has 0 aliphatic heterocycles. The van der Waals surface area contributed by atoms with Gasteiger partial charge in [0.25, 0.3) is 0 Å². The van der Waals surface area contributed by atoms with Crippen molar-refractivity contribution in [2.45, 2.75) is 12.8 Å². The van der Waals surface area contributed by atoms with Gasteiger partial charge in [0, 0.05) is 5.33 Å². The maximum atomic E-state index is 11.3. The number of aryl methyl sites for hydroxylation is 1. The number of rotatable bonds is 5. The lowest BCUT2D eigenvalue weighted by Crippen LogP contribution is -2.22. The molecule has 86 valence electrons. The Morgan fingerprint density at radius 3 is 2.38 bits per heavy atom. The lowest BCUT2D eigenvalue weighted by Gasteiger charge is -2.09. The van der Waals surface area contributed by atoms with Gasteiger partial charge in [-0.2, -0.15) is 0 Å². The van der Waals surface area contributed by atoms with Gasteiger partial charge in [-0.05, 0) is 24.5 Å². The Labute approximate surface area is 102 Å². The quantitative estimate of drug-likeness (QED) is 0.797. The zero-order valence-electron chi connectivity index (χ0n) is 8.70. The first-order valence-electron chi connectivity index (χ1n) is 4.85. The zero-order valence-corrected chi connectivity index (χ0v) is 10.3. The van der Waals surface area contributed by atoms with E-state index < -0.39 is 11.8 Å². The second-order valence-electron chi connectivity index (χ2n) is 3.36. The van der Waals surface area contributed by atoms with Gasteiger partial charge in [0.2, 0.25) is 11.8 Å². The summed E-state index contributed by atoms with van der Waals surface area (Å²) >= 11 is 3.31. The van der Waals surface area contributed by atoms with Crippen molar-refractivity contribution < 1.29 is 9.59 Å². The molecule has 0 bridgehead atoms. The fourth-order valence-electron chi connectivity index (χ4n) is 1.56. The summed E-state index contributed by atoms with van der Waals surface area (Å²) in [6, 6.07) is 5.01. The van der Waals surface area contributed by atoms with Crippen LogP contribution in [0.3, 0.4) is 0 Å². The smallest absolute Gasteiger partial charge is 0.249 e. The summed E-state index contributed by atoms with van der Waals surface area (Å²) in [4.78, 5) is 22.5. The molecule has 2 amide bonds. The monoisotopic (exact) mass is 284 g/mol. The number of benzene rings is 1. The second-order valence-corrected chi connectivity index (χ2v) is 4.15. The number of halogens is 1. The number of carbonyl (C=O) groups excluding carboxylic acids is 2. The number of alkyl halides is 1. The van der Waals surface area contributed by atoms with Crippen molar-refractivity contribution in [2.75, 3.05) is 5.33 Å². The van der Waals surface area contributed by atoms with Crippen molar-refractivity contribution in [3.05, 3.63) is 34.9 Å². The lowest BCUT2D eigenvalue weighted by atomic mass is 9.97. The first kappa shape index (κ1) is 12.7. The number of amides is 2. The normalized spacial score (nSPS) is 10.1. The third-order valence-corrected chi connectivity index (χ3v) is 2.80. The third kappa shape index (κ3) is 2.82. The van der Waals surface area contributed by atoms with E-state index >= 15 is 0 Å². The Bertz CT molecular complexity index is 418. The minimum Gasteiger partial charge on any atom is -0.366 e. The topological polar surface area (TPSA) is 86.2 Å². The Hall–Kier alpha value is -1.36. The van der Waals surface area contributed by atoms with Gasteiger partial charge in [-0.25, -0.2) is 0 Å². The Morgan fingerprint density at radius 1 is 1.19 bits per heavy atom. The Kier molecular flexibility index (Phi) is 4.49. The highest BCUT2D eigenvalue weighted by Gasteiger charge is 2.16. The van der Waals surface area contributed by atoms with Crippen molar-refractivity contribution in [3.8, 4) is 0 Å². The van der Waals surface area contributed by atoms with E-state index in [2.05, 4.69) is 15.9 Å². The van der Waals surface area contributed by atoms with Crippen LogP contribution in [-0.2, 0) is 6.42 Å². The Balaban J connectivity index is 3.21. The molecule has 0 unspecified atom stereocenters. The van der Waals surface area contributed by atoms with Gasteiger partial charge in [0.1, 0.15) is 0 Å². The van der Waals surface area contributed by atoms with Gasteiger partial charge in [-0.15, -0.1) is 0 Å². The van der Waals surface area contributed by atoms with Crippen LogP contribution < -0.4 is 11.5 Å². The standard InChI is InChI=1S/C11H13BrN2O2/c12-6-2-4-7-3-1-5-8(10(13)15)9(7)11(14)16/h1,3,5H,2,4,6H2,(H2,13,15)(H2,14,16). The Morgan fingerprint density at radius 2 is 1.88 bits per heavy atom. The molecule has 0 spiro atoms. The van der Waals surface area contributed by atoms with Gasteiger partial charge in [-0.1, -0.05) is 28.1 Å². The molecule has 1 aromatic carbocycles. The van der Waals surface area contributed by atoms with Gasteiger partial charge < -0.3 is 11.5 Å². The minimum atomic E-state index is -0.630. The van der Waals surface area contributed by atoms with E-state index in [1.807, 2.05) is 0 Å². The second kappa shape index (κ2) is 5.65. The van der Waals surface area contributed by atoms with E-state index in [-0.39, 0.29) is 11.1 Å². The molecule has 0 saturated carbocycles. The van der Waals surface area contributed by atoms with Gasteiger partial charge >= 0.3 is 0 Å². The van der Waals surface area contributed by atoms with Gasteiger partial charge in [0.05, 0.1) is 11.1 Å². The molecule has 0 atom stereocenters. The fraction of sp³-hybridized carbons (Fsp3) is 0.273. The number of primary amides is 2. The number of hydrogen-bond acceptors (Lipinski definition) is 2. The van der Waals surface area contributed by atoms with Crippen molar-refractivity contribution in [1.29, 1.82) is 0 Å². The van der Waals surface area contributed by atoms with E-state index in [0.717, 1.165) is 17.3 Å². The maximum Gasteiger partial charge on any atom is 0.249 e. The molecule has 0 saturated heterocycles. The summed E-state index contributed by atoms with van der Waals surface area (Å²) in [5.74, 6) is -1.24. The van der Waals surface area contributed by atoms with Crippen LogP contribution in [0.5, 0.6) is 0 Å². The molecular formula is C11H13BrN2O2. The highest BCUT2D eigenvalue weighted by molar-refractivity contribution is 9.09. The number of hydrogen-bond donors (Lipinski definition) is 2. The first-order chi connectivity index (χ1) is 7.57. The number of nitrogens with two attached hydrogens (primary N) is 2. The third-order valence-electron chi connectivity index (χ3n) is 2.24. The summed E-state index contributed by atoms with van der Waals surface area (Å²) in [6.45, 7) is 0. The average Bonchev–Trinajstić information content (AvgIpc) is 2.25. The van der Waals surface area contributed by atoms with Crippen molar-refractivity contribution >= 4 is 27.7 Å². The molecular weight excluding hydrogens is 272 g/mol. The SMILES string of the molecule is NC(=O)c1cccc(CCCBr)c1C(N)=O. The lowest BCUT2D eigenvalue weighted by molar-refractivity contribution is 0.0966. The number of carbonyl (C=O) groups is 2. The summed E-state index contributed by atoms with van der Waals surface area (Å²) in [6.07, 6.45) is 1.55. The van der Waals surface area contributed by atoms with E-state index in [1.165, 1.54) is 6.07 Å². The molecule has 1 aromatic rings. The van der Waals surface area contributed by atoms with Gasteiger partial charge in [0.15, 0.2) is 0 Å². The van der Waals surface area contributed by atoms with E-state index in [9.17, 15) is 9.59 Å². The van der Waals surface area contributed by atoms with Crippen LogP contribution in [0, 0.1) is 0 Å². The molecule has 0 fully saturated rings. The minimum absolute atomic E-state index is 0.194. The van der Waals surface area contributed by atoms with Crippen LogP contribution in [0.1, 0.15) is 32.7 Å². The summed E-state index contributed by atoms with van der Waals surface area (Å²) in [7, 11) is 0. The van der Waals surface area contributed by atoms with Gasteiger partial charge in [-0.3, -0.25) is 9.59 Å². The first-order valence-corrected chi connectivity index (χ1v) is 5.97. The van der Waals surface area contributed by atoms with Crippen LogP contribution in [0.15, 0.2) is 18.2 Å². The summed E-state index contributed by atoms with van der Waals surface area (Å²) in [5.41, 5.74) is 11.7. The van der Waals surface area contributed by atoms with Crippen molar-refractivity contribution in [2.24, 2.45) is 11.5 Å². The highest BCUT2D eigenvalue weighted by atomic mass is 79.9. The van der Waals surface area contributed by atoms with Crippen LogP contribution in [0.2, 0.25) is 0 Å². The van der Waals surface area contributed by atoms with Crippen LogP contribution >= 0.6 is 15.9 Å². The van der Waals surface area contributed by atoms with Crippen LogP contribution in [0.25, 0.3) is 0 Å². The molecule has 0 heterocycles. The molecule has 0 aliphatic rings. The predicted octanol–water partition coefficient (Wildman–Crippen LogP) is 1.21. The fourth-order valence-corrected chi connectivity index (χ4v) is 1.84. The largest absolute Gasteiger partial charge is 0.366 e. The summed E-state index contributed by atoms with van der Waals surface area (Å²) in [5, 5.41) is 0.825. The van der Waals surface area contributed by atoms with Crippen molar-refractivity contribution in [1.82, 2.24) is 0 Å². The summed E-state index contributed by atoms with van der Waals surface area (Å²) < 4.78 is 0. The molecule has 5 heteroatoms. The molecule has 0 aromatic heterocycles. The van der Waals surface area contributed by atoms with E-state index in [4.69, 9.17) is 11.5 Å². The zero-order chi connectivity index (χ0) is 12.1. The molecule has 1 rings (SSSR count). The maximum absolute atomic E-state index is 11.3. The van der Waals surface area contributed by atoms with E-state index in [0.29, 0.717) is 6.42 Å². The van der Waals surface area contributed by atoms with Crippen molar-refractivity contribution in [3.63, 3.8) is 0 Å². The molecule has 0 aliphatic carbocycles. The molecule has 16 heavy (non-hydrogen) atoms. The highest BCUT2D eigenvalue weighted by Crippen LogP contribution is 2.16. The van der Waals surface area contributed by atoms with Crippen LogP contribution in [0.4, 0.5) is 0 Å².